The van der Waals surface area contributed by atoms with Crippen LogP contribution in [0.1, 0.15) is 43.2 Å². The summed E-state index contributed by atoms with van der Waals surface area (Å²) in [6.45, 7) is 6.15. The molecule has 0 aliphatic carbocycles. The minimum atomic E-state index is -3.69. The lowest BCUT2D eigenvalue weighted by Crippen LogP contribution is -2.13. The quantitative estimate of drug-likeness (QED) is 0.622. The number of rotatable bonds is 5. The Bertz CT molecular complexity index is 1130. The van der Waals surface area contributed by atoms with Crippen LogP contribution >= 0.6 is 0 Å². The van der Waals surface area contributed by atoms with Gasteiger partial charge < -0.3 is 9.64 Å². The Labute approximate surface area is 173 Å². The summed E-state index contributed by atoms with van der Waals surface area (Å²) in [5.74, 6) is 1.41. The Morgan fingerprint density at radius 3 is 2.41 bits per heavy atom. The van der Waals surface area contributed by atoms with E-state index in [9.17, 15) is 8.42 Å². The van der Waals surface area contributed by atoms with Crippen molar-refractivity contribution in [2.75, 3.05) is 27.2 Å². The summed E-state index contributed by atoms with van der Waals surface area (Å²) < 4.78 is 33.8. The fourth-order valence-corrected chi connectivity index (χ4v) is 5.56. The van der Waals surface area contributed by atoms with Gasteiger partial charge in [-0.15, -0.1) is 0 Å². The fourth-order valence-electron chi connectivity index (χ4n) is 4.18. The topological polar surface area (TPSA) is 51.5 Å². The van der Waals surface area contributed by atoms with Crippen LogP contribution in [0.5, 0.6) is 5.75 Å². The average molecular weight is 413 g/mol. The maximum Gasteiger partial charge on any atom is 0.268 e. The van der Waals surface area contributed by atoms with Crippen LogP contribution in [-0.2, 0) is 10.0 Å². The molecule has 0 amide bonds. The van der Waals surface area contributed by atoms with Gasteiger partial charge in [0.1, 0.15) is 5.75 Å². The summed E-state index contributed by atoms with van der Waals surface area (Å²) in [6, 6.07) is 12.8. The van der Waals surface area contributed by atoms with Crippen molar-refractivity contribution in [3.05, 3.63) is 59.8 Å². The molecule has 1 aliphatic rings. The van der Waals surface area contributed by atoms with Gasteiger partial charge in [0, 0.05) is 18.1 Å². The van der Waals surface area contributed by atoms with Crippen LogP contribution in [0, 0.1) is 0 Å². The lowest BCUT2D eigenvalue weighted by molar-refractivity contribution is 0.411. The highest BCUT2D eigenvalue weighted by atomic mass is 32.2. The van der Waals surface area contributed by atoms with Crippen molar-refractivity contribution >= 4 is 20.9 Å². The van der Waals surface area contributed by atoms with Crippen LogP contribution in [0.25, 0.3) is 10.9 Å². The van der Waals surface area contributed by atoms with Gasteiger partial charge in [0.15, 0.2) is 0 Å². The van der Waals surface area contributed by atoms with Gasteiger partial charge in [-0.3, -0.25) is 0 Å². The van der Waals surface area contributed by atoms with E-state index in [-0.39, 0.29) is 0 Å². The molecule has 1 aromatic heterocycles. The van der Waals surface area contributed by atoms with Gasteiger partial charge in [-0.05, 0) is 73.3 Å². The number of benzene rings is 2. The zero-order chi connectivity index (χ0) is 20.8. The number of ether oxygens (including phenoxy) is 1. The predicted molar refractivity (Wildman–Crippen MR) is 116 cm³/mol. The first-order chi connectivity index (χ1) is 13.8. The second-order valence-electron chi connectivity index (χ2n) is 8.24. The third-order valence-electron chi connectivity index (χ3n) is 5.94. The molecule has 1 fully saturated rings. The molecule has 0 spiro atoms. The standard InChI is InChI=1S/C23H28N2O3S/c1-16(2)17-5-8-20(9-6-17)29(26,27)25-15-22(18-11-12-24(3)14-18)21-13-19(28-4)7-10-23(21)25/h5-10,13,15-16,18H,11-12,14H2,1-4H3/t18-/m0/s1. The van der Waals surface area contributed by atoms with Gasteiger partial charge in [0.2, 0.25) is 0 Å². The molecule has 1 aliphatic heterocycles. The van der Waals surface area contributed by atoms with E-state index >= 15 is 0 Å². The number of fused-ring (bicyclic) bond motifs is 1. The molecule has 1 atom stereocenters. The van der Waals surface area contributed by atoms with E-state index in [2.05, 4.69) is 25.8 Å². The molecule has 4 rings (SSSR count). The van der Waals surface area contributed by atoms with Gasteiger partial charge in [0.25, 0.3) is 10.0 Å². The first-order valence-electron chi connectivity index (χ1n) is 10.0. The third-order valence-corrected chi connectivity index (χ3v) is 7.63. The van der Waals surface area contributed by atoms with Crippen LogP contribution in [-0.4, -0.2) is 44.5 Å². The number of hydrogen-bond acceptors (Lipinski definition) is 4. The molecule has 1 saturated heterocycles. The average Bonchev–Trinajstić information content (AvgIpc) is 3.31. The maximum atomic E-state index is 13.5. The first-order valence-corrected chi connectivity index (χ1v) is 11.5. The monoisotopic (exact) mass is 412 g/mol. The number of hydrogen-bond donors (Lipinski definition) is 0. The summed E-state index contributed by atoms with van der Waals surface area (Å²) in [7, 11) is 0.0495. The van der Waals surface area contributed by atoms with Crippen molar-refractivity contribution in [3.8, 4) is 5.75 Å². The molecule has 2 heterocycles. The molecule has 154 valence electrons. The summed E-state index contributed by atoms with van der Waals surface area (Å²) >= 11 is 0. The maximum absolute atomic E-state index is 13.5. The third kappa shape index (κ3) is 3.55. The SMILES string of the molecule is COc1ccc2c(c1)c([C@H]1CCN(C)C1)cn2S(=O)(=O)c1ccc(C(C)C)cc1. The summed E-state index contributed by atoms with van der Waals surface area (Å²) in [6.07, 6.45) is 2.84. The zero-order valence-electron chi connectivity index (χ0n) is 17.4. The Morgan fingerprint density at radius 1 is 1.10 bits per heavy atom. The molecule has 0 radical (unpaired) electrons. The second-order valence-corrected chi connectivity index (χ2v) is 10.1. The van der Waals surface area contributed by atoms with E-state index in [0.29, 0.717) is 22.2 Å². The van der Waals surface area contributed by atoms with Crippen LogP contribution < -0.4 is 4.74 Å². The molecule has 0 saturated carbocycles. The van der Waals surface area contributed by atoms with Crippen molar-refractivity contribution in [2.24, 2.45) is 0 Å². The number of methoxy groups -OCH3 is 1. The Morgan fingerprint density at radius 2 is 1.83 bits per heavy atom. The molecule has 5 nitrogen and oxygen atoms in total. The van der Waals surface area contributed by atoms with Crippen LogP contribution in [0.2, 0.25) is 0 Å². The number of aromatic nitrogens is 1. The van der Waals surface area contributed by atoms with Crippen LogP contribution in [0.3, 0.4) is 0 Å². The number of likely N-dealkylation sites (tertiary alicyclic amines) is 1. The molecule has 29 heavy (non-hydrogen) atoms. The Balaban J connectivity index is 1.86. The number of nitrogens with zero attached hydrogens (tertiary/aromatic N) is 2. The molecule has 0 bridgehead atoms. The molecule has 3 aromatic rings. The zero-order valence-corrected chi connectivity index (χ0v) is 18.2. The van der Waals surface area contributed by atoms with E-state index in [1.807, 2.05) is 36.5 Å². The second kappa shape index (κ2) is 7.50. The van der Waals surface area contributed by atoms with E-state index in [1.54, 1.807) is 19.2 Å². The summed E-state index contributed by atoms with van der Waals surface area (Å²) in [5.41, 5.74) is 2.90. The largest absolute Gasteiger partial charge is 0.497 e. The molecule has 0 unspecified atom stereocenters. The highest BCUT2D eigenvalue weighted by Gasteiger charge is 2.28. The van der Waals surface area contributed by atoms with E-state index in [4.69, 9.17) is 4.74 Å². The van der Waals surface area contributed by atoms with Crippen molar-refractivity contribution in [1.82, 2.24) is 8.87 Å². The van der Waals surface area contributed by atoms with E-state index in [0.717, 1.165) is 41.8 Å². The first kappa shape index (κ1) is 20.0. The fraction of sp³-hybridized carbons (Fsp3) is 0.391. The minimum Gasteiger partial charge on any atom is -0.497 e. The molecule has 0 N–H and O–H groups in total. The predicted octanol–water partition coefficient (Wildman–Crippen LogP) is 4.43. The van der Waals surface area contributed by atoms with Crippen molar-refractivity contribution < 1.29 is 13.2 Å². The van der Waals surface area contributed by atoms with Gasteiger partial charge in [0.05, 0.1) is 17.5 Å². The van der Waals surface area contributed by atoms with Gasteiger partial charge in [-0.2, -0.15) is 0 Å². The Hall–Kier alpha value is -2.31. The van der Waals surface area contributed by atoms with Crippen molar-refractivity contribution in [1.29, 1.82) is 0 Å². The summed E-state index contributed by atoms with van der Waals surface area (Å²) in [5, 5.41) is 0.951. The lowest BCUT2D eigenvalue weighted by atomic mass is 9.98. The minimum absolute atomic E-state index is 0.310. The molecule has 2 aromatic carbocycles. The number of likely N-dealkylation sites (N-methyl/N-ethyl adjacent to an activating group) is 1. The summed E-state index contributed by atoms with van der Waals surface area (Å²) in [4.78, 5) is 2.59. The van der Waals surface area contributed by atoms with Crippen LogP contribution in [0.4, 0.5) is 0 Å². The van der Waals surface area contributed by atoms with E-state index < -0.39 is 10.0 Å². The van der Waals surface area contributed by atoms with Crippen molar-refractivity contribution in [3.63, 3.8) is 0 Å². The lowest BCUT2D eigenvalue weighted by Gasteiger charge is -2.10. The van der Waals surface area contributed by atoms with Gasteiger partial charge in [-0.1, -0.05) is 26.0 Å². The molecule has 6 heteroatoms. The highest BCUT2D eigenvalue weighted by Crippen LogP contribution is 2.36. The van der Waals surface area contributed by atoms with Crippen molar-refractivity contribution in [2.45, 2.75) is 37.0 Å². The molecular formula is C23H28N2O3S. The Kier molecular flexibility index (Phi) is 5.17. The smallest absolute Gasteiger partial charge is 0.268 e. The van der Waals surface area contributed by atoms with Gasteiger partial charge >= 0.3 is 0 Å². The normalized spacial score (nSPS) is 18.0. The van der Waals surface area contributed by atoms with E-state index in [1.165, 1.54) is 3.97 Å². The van der Waals surface area contributed by atoms with Crippen LogP contribution in [0.15, 0.2) is 53.6 Å². The van der Waals surface area contributed by atoms with Gasteiger partial charge in [-0.25, -0.2) is 12.4 Å². The highest BCUT2D eigenvalue weighted by molar-refractivity contribution is 7.90. The molecular weight excluding hydrogens is 384 g/mol.